The number of carbonyl (C=O) groups excluding carboxylic acids is 1. The fraction of sp³-hybridized carbons (Fsp3) is 0.304. The van der Waals surface area contributed by atoms with Gasteiger partial charge >= 0.3 is 0 Å². The number of amides is 1. The summed E-state index contributed by atoms with van der Waals surface area (Å²) >= 11 is 0. The summed E-state index contributed by atoms with van der Waals surface area (Å²) in [4.78, 5) is 17.8. The molecule has 0 saturated heterocycles. The molecule has 1 amide bonds. The highest BCUT2D eigenvalue weighted by atomic mass is 32.2. The minimum Gasteiger partial charge on any atom is -0.322 e. The number of para-hydroxylation sites is 1. The number of hydrogen-bond acceptors (Lipinski definition) is 4. The maximum Gasteiger partial charge on any atom is 0.256 e. The molecule has 30 heavy (non-hydrogen) atoms. The van der Waals surface area contributed by atoms with Crippen molar-refractivity contribution in [1.29, 1.82) is 0 Å². The van der Waals surface area contributed by atoms with Crippen LogP contribution in [0.3, 0.4) is 0 Å². The quantitative estimate of drug-likeness (QED) is 0.624. The Kier molecular flexibility index (Phi) is 6.24. The average molecular weight is 426 g/mol. The van der Waals surface area contributed by atoms with Crippen LogP contribution in [-0.4, -0.2) is 36.7 Å². The van der Waals surface area contributed by atoms with Gasteiger partial charge in [0.25, 0.3) is 5.91 Å². The summed E-state index contributed by atoms with van der Waals surface area (Å²) in [5, 5.41) is 3.65. The monoisotopic (exact) mass is 425 g/mol. The molecule has 1 N–H and O–H groups in total. The first kappa shape index (κ1) is 21.9. The Morgan fingerprint density at radius 3 is 2.23 bits per heavy atom. The maximum absolute atomic E-state index is 13.0. The molecular weight excluding hydrogens is 398 g/mol. The van der Waals surface area contributed by atoms with E-state index in [1.807, 2.05) is 58.0 Å². The highest BCUT2D eigenvalue weighted by Crippen LogP contribution is 2.24. The fourth-order valence-electron chi connectivity index (χ4n) is 3.03. The highest BCUT2D eigenvalue weighted by Gasteiger charge is 2.23. The van der Waals surface area contributed by atoms with E-state index in [1.54, 1.807) is 19.2 Å². The first-order chi connectivity index (χ1) is 14.1. The van der Waals surface area contributed by atoms with Gasteiger partial charge in [0.1, 0.15) is 0 Å². The van der Waals surface area contributed by atoms with Gasteiger partial charge in [-0.3, -0.25) is 9.78 Å². The third-order valence-corrected chi connectivity index (χ3v) is 7.14. The zero-order valence-electron chi connectivity index (χ0n) is 17.9. The third kappa shape index (κ3) is 4.37. The molecule has 0 aliphatic carbocycles. The molecular formula is C23H27N3O3S. The number of pyridine rings is 1. The standard InChI is InChI=1S/C23H27N3O3S/c1-15(2)22-14-20(19-8-6-7-9-21(19)25-22)23(27)24-17-10-12-18(13-11-17)30(28,29)26(5)16(3)4/h6-16H,1-5H3,(H,24,27). The van der Waals surface area contributed by atoms with Crippen LogP contribution in [0.25, 0.3) is 10.9 Å². The Bertz CT molecular complexity index is 1170. The van der Waals surface area contributed by atoms with Gasteiger partial charge in [-0.15, -0.1) is 0 Å². The number of carbonyl (C=O) groups is 1. The summed E-state index contributed by atoms with van der Waals surface area (Å²) in [6.45, 7) is 7.70. The number of rotatable bonds is 6. The first-order valence-corrected chi connectivity index (χ1v) is 11.3. The van der Waals surface area contributed by atoms with Crippen LogP contribution in [0.4, 0.5) is 5.69 Å². The van der Waals surface area contributed by atoms with E-state index in [-0.39, 0.29) is 22.8 Å². The molecule has 3 aromatic rings. The molecule has 3 rings (SSSR count). The zero-order chi connectivity index (χ0) is 22.1. The Morgan fingerprint density at radius 2 is 1.63 bits per heavy atom. The van der Waals surface area contributed by atoms with E-state index in [9.17, 15) is 13.2 Å². The van der Waals surface area contributed by atoms with Crippen molar-refractivity contribution >= 4 is 32.5 Å². The van der Waals surface area contributed by atoms with Crippen molar-refractivity contribution in [2.75, 3.05) is 12.4 Å². The van der Waals surface area contributed by atoms with Crippen LogP contribution in [0.5, 0.6) is 0 Å². The fourth-order valence-corrected chi connectivity index (χ4v) is 4.40. The minimum absolute atomic E-state index is 0.149. The van der Waals surface area contributed by atoms with Crippen molar-refractivity contribution in [2.24, 2.45) is 0 Å². The van der Waals surface area contributed by atoms with Gasteiger partial charge in [-0.1, -0.05) is 32.0 Å². The minimum atomic E-state index is -3.57. The lowest BCUT2D eigenvalue weighted by molar-refractivity contribution is 0.102. The summed E-state index contributed by atoms with van der Waals surface area (Å²) in [7, 11) is -2.02. The SMILES string of the molecule is CC(C)c1cc(C(=O)Nc2ccc(S(=O)(=O)N(C)C(C)C)cc2)c2ccccc2n1. The molecule has 0 aliphatic rings. The molecule has 0 radical (unpaired) electrons. The van der Waals surface area contributed by atoms with Crippen LogP contribution in [0.15, 0.2) is 59.5 Å². The van der Waals surface area contributed by atoms with Crippen LogP contribution < -0.4 is 5.32 Å². The molecule has 0 saturated carbocycles. The summed E-state index contributed by atoms with van der Waals surface area (Å²) in [5.41, 5.74) is 2.68. The lowest BCUT2D eigenvalue weighted by Crippen LogP contribution is -2.33. The van der Waals surface area contributed by atoms with Crippen molar-refractivity contribution in [1.82, 2.24) is 9.29 Å². The van der Waals surface area contributed by atoms with E-state index in [1.165, 1.54) is 16.4 Å². The van der Waals surface area contributed by atoms with Crippen molar-refractivity contribution in [3.63, 3.8) is 0 Å². The maximum atomic E-state index is 13.0. The van der Waals surface area contributed by atoms with Gasteiger partial charge in [-0.05, 0) is 56.2 Å². The van der Waals surface area contributed by atoms with E-state index in [4.69, 9.17) is 0 Å². The predicted octanol–water partition coefficient (Wildman–Crippen LogP) is 4.64. The van der Waals surface area contributed by atoms with Gasteiger partial charge in [0.2, 0.25) is 10.0 Å². The molecule has 0 spiro atoms. The van der Waals surface area contributed by atoms with Crippen LogP contribution in [-0.2, 0) is 10.0 Å². The number of hydrogen-bond donors (Lipinski definition) is 1. The summed E-state index contributed by atoms with van der Waals surface area (Å²) < 4.78 is 26.5. The van der Waals surface area contributed by atoms with Gasteiger partial charge < -0.3 is 5.32 Å². The normalized spacial score (nSPS) is 12.1. The molecule has 0 unspecified atom stereocenters. The Morgan fingerprint density at radius 1 is 1.00 bits per heavy atom. The number of benzene rings is 2. The van der Waals surface area contributed by atoms with Gasteiger partial charge in [0, 0.05) is 29.9 Å². The predicted molar refractivity (Wildman–Crippen MR) is 120 cm³/mol. The second-order valence-corrected chi connectivity index (χ2v) is 9.86. The molecule has 158 valence electrons. The molecule has 6 nitrogen and oxygen atoms in total. The number of sulfonamides is 1. The number of nitrogens with zero attached hydrogens (tertiary/aromatic N) is 2. The number of fused-ring (bicyclic) bond motifs is 1. The molecule has 0 aliphatic heterocycles. The summed E-state index contributed by atoms with van der Waals surface area (Å²) in [6.07, 6.45) is 0. The Labute approximate surface area is 178 Å². The summed E-state index contributed by atoms with van der Waals surface area (Å²) in [5.74, 6) is -0.0750. The van der Waals surface area contributed by atoms with Crippen molar-refractivity contribution in [3.8, 4) is 0 Å². The molecule has 7 heteroatoms. The van der Waals surface area contributed by atoms with E-state index >= 15 is 0 Å². The van der Waals surface area contributed by atoms with Crippen LogP contribution in [0, 0.1) is 0 Å². The second-order valence-electron chi connectivity index (χ2n) is 7.86. The molecule has 0 atom stereocenters. The zero-order valence-corrected chi connectivity index (χ0v) is 18.7. The lowest BCUT2D eigenvalue weighted by atomic mass is 10.0. The molecule has 1 heterocycles. The van der Waals surface area contributed by atoms with E-state index in [0.717, 1.165) is 16.6 Å². The number of aromatic nitrogens is 1. The van der Waals surface area contributed by atoms with Crippen LogP contribution in [0.1, 0.15) is 49.7 Å². The highest BCUT2D eigenvalue weighted by molar-refractivity contribution is 7.89. The second kappa shape index (κ2) is 8.53. The van der Waals surface area contributed by atoms with E-state index < -0.39 is 10.0 Å². The van der Waals surface area contributed by atoms with Gasteiger partial charge in [0.15, 0.2) is 0 Å². The van der Waals surface area contributed by atoms with Crippen molar-refractivity contribution in [2.45, 2.75) is 44.6 Å². The summed E-state index contributed by atoms with van der Waals surface area (Å²) in [6, 6.07) is 15.4. The molecule has 2 aromatic carbocycles. The van der Waals surface area contributed by atoms with E-state index in [2.05, 4.69) is 10.3 Å². The molecule has 0 fully saturated rings. The van der Waals surface area contributed by atoms with Gasteiger partial charge in [0.05, 0.1) is 16.0 Å². The van der Waals surface area contributed by atoms with Crippen LogP contribution >= 0.6 is 0 Å². The van der Waals surface area contributed by atoms with E-state index in [0.29, 0.717) is 11.3 Å². The lowest BCUT2D eigenvalue weighted by Gasteiger charge is -2.21. The average Bonchev–Trinajstić information content (AvgIpc) is 2.72. The Hall–Kier alpha value is -2.77. The van der Waals surface area contributed by atoms with Crippen molar-refractivity contribution < 1.29 is 13.2 Å². The van der Waals surface area contributed by atoms with Gasteiger partial charge in [-0.25, -0.2) is 8.42 Å². The smallest absolute Gasteiger partial charge is 0.256 e. The van der Waals surface area contributed by atoms with Crippen LogP contribution in [0.2, 0.25) is 0 Å². The third-order valence-electron chi connectivity index (χ3n) is 5.09. The Balaban J connectivity index is 1.90. The number of anilines is 1. The molecule has 0 bridgehead atoms. The van der Waals surface area contributed by atoms with Crippen molar-refractivity contribution in [3.05, 3.63) is 65.9 Å². The topological polar surface area (TPSA) is 79.4 Å². The number of nitrogens with one attached hydrogen (secondary N) is 1. The largest absolute Gasteiger partial charge is 0.322 e. The first-order valence-electron chi connectivity index (χ1n) is 9.90. The van der Waals surface area contributed by atoms with Gasteiger partial charge in [-0.2, -0.15) is 4.31 Å². The molecule has 1 aromatic heterocycles.